The van der Waals surface area contributed by atoms with Crippen LogP contribution in [0.1, 0.15) is 98.0 Å². The van der Waals surface area contributed by atoms with Gasteiger partial charge in [-0.25, -0.2) is 29.5 Å². The zero-order valence-corrected chi connectivity index (χ0v) is 54.4. The molecule has 0 radical (unpaired) electrons. The van der Waals surface area contributed by atoms with Crippen LogP contribution in [0.3, 0.4) is 0 Å². The molecule has 2 atom stereocenters. The fraction of sp³-hybridized carbons (Fsp3) is 0.352. The average molecular weight is 1310 g/mol. The van der Waals surface area contributed by atoms with Gasteiger partial charge in [-0.3, -0.25) is 19.4 Å². The van der Waals surface area contributed by atoms with Gasteiger partial charge in [0.25, 0.3) is 0 Å². The zero-order valence-electron chi connectivity index (χ0n) is 55.4. The summed E-state index contributed by atoms with van der Waals surface area (Å²) in [5.74, 6) is 2.56. The smallest absolute Gasteiger partial charge is 0.446 e. The highest BCUT2D eigenvalue weighted by Gasteiger charge is 2.36. The van der Waals surface area contributed by atoms with Gasteiger partial charge in [0.15, 0.2) is 0 Å². The molecule has 25 heteroatoms. The van der Waals surface area contributed by atoms with E-state index < -0.39 is 24.0 Å². The molecule has 2 aliphatic heterocycles. The zero-order chi connectivity index (χ0) is 70.0. The van der Waals surface area contributed by atoms with E-state index in [0.29, 0.717) is 126 Å². The summed E-state index contributed by atoms with van der Waals surface area (Å²) in [6, 6.07) is 40.0. The van der Waals surface area contributed by atoms with Crippen molar-refractivity contribution in [3.63, 3.8) is 0 Å². The molecule has 6 heterocycles. The average Bonchev–Trinajstić information content (AvgIpc) is 1.60. The molecule has 502 valence electrons. The first-order valence-electron chi connectivity index (χ1n) is 32.0. The number of aldehydes is 1. The van der Waals surface area contributed by atoms with Crippen LogP contribution >= 0.6 is 0 Å². The number of anilines is 2. The van der Waals surface area contributed by atoms with Crippen molar-refractivity contribution in [3.05, 3.63) is 158 Å². The number of nitrogen functional groups attached to an aromatic ring is 2. The number of halogens is 3. The predicted molar refractivity (Wildman–Crippen MR) is 360 cm³/mol. The molecule has 4 aromatic heterocycles. The number of hydrogen-bond donors (Lipinski definition) is 3. The number of likely N-dealkylation sites (tertiary alicyclic amines) is 2. The van der Waals surface area contributed by atoms with E-state index in [2.05, 4.69) is 48.9 Å². The number of benzene rings is 4. The third-order valence-corrected chi connectivity index (χ3v) is 15.9. The lowest BCUT2D eigenvalue weighted by Gasteiger charge is -2.24. The molecule has 0 spiro atoms. The van der Waals surface area contributed by atoms with Gasteiger partial charge in [0.2, 0.25) is 12.2 Å². The van der Waals surface area contributed by atoms with E-state index in [9.17, 15) is 38.1 Å². The number of aromatic nitrogens is 6. The van der Waals surface area contributed by atoms with Gasteiger partial charge in [-0.05, 0) is 133 Å². The number of fused-ring (bicyclic) bond motifs is 2. The third kappa shape index (κ3) is 18.8. The molecule has 4 aromatic carbocycles. The van der Waals surface area contributed by atoms with Crippen molar-refractivity contribution in [2.24, 2.45) is 0 Å². The number of rotatable bonds is 16. The summed E-state index contributed by atoms with van der Waals surface area (Å²) in [7, 11) is 4.11. The number of carboxylic acid groups (broad SMARTS) is 1. The van der Waals surface area contributed by atoms with Crippen LogP contribution < -0.4 is 20.9 Å². The molecule has 22 nitrogen and oxygen atoms in total. The van der Waals surface area contributed by atoms with Gasteiger partial charge in [-0.1, -0.05) is 86.6 Å². The van der Waals surface area contributed by atoms with Gasteiger partial charge in [0, 0.05) is 76.0 Å². The van der Waals surface area contributed by atoms with E-state index in [1.54, 1.807) is 24.0 Å². The van der Waals surface area contributed by atoms with Crippen molar-refractivity contribution < 1.29 is 53.0 Å². The fourth-order valence-electron chi connectivity index (χ4n) is 11.1. The van der Waals surface area contributed by atoms with Crippen LogP contribution in [0.2, 0.25) is 0 Å². The van der Waals surface area contributed by atoms with Crippen LogP contribution in [0.5, 0.6) is 23.0 Å². The number of ether oxygens (including phenoxy) is 3. The van der Waals surface area contributed by atoms with Gasteiger partial charge >= 0.3 is 18.2 Å². The Labute approximate surface area is 556 Å². The number of likely N-dealkylation sites (N-methyl/N-ethyl adjacent to an activating group) is 2. The number of nitrogens with two attached hydrogens (primary N) is 2. The van der Waals surface area contributed by atoms with Crippen molar-refractivity contribution in [1.29, 1.82) is 10.5 Å². The lowest BCUT2D eigenvalue weighted by atomic mass is 10.0. The lowest BCUT2D eigenvalue weighted by Crippen LogP contribution is -2.35. The number of aliphatic carboxylic acids is 1. The number of carboxylic acids is 1. The van der Waals surface area contributed by atoms with Gasteiger partial charge in [-0.15, -0.1) is 0 Å². The van der Waals surface area contributed by atoms with E-state index in [0.717, 1.165) is 35.7 Å². The van der Waals surface area contributed by atoms with E-state index >= 15 is 0 Å². The van der Waals surface area contributed by atoms with E-state index in [1.165, 1.54) is 44.4 Å². The van der Waals surface area contributed by atoms with Crippen LogP contribution in [-0.2, 0) is 19.1 Å². The molecule has 12 rings (SSSR count). The van der Waals surface area contributed by atoms with Gasteiger partial charge in [0.05, 0.1) is 22.9 Å². The van der Waals surface area contributed by atoms with Crippen molar-refractivity contribution in [1.82, 2.24) is 48.7 Å². The highest BCUT2D eigenvalue weighted by molar-refractivity contribution is 6.04. The van der Waals surface area contributed by atoms with Crippen molar-refractivity contribution >= 4 is 58.0 Å². The minimum absolute atomic E-state index is 0.00923. The Morgan fingerprint density at radius 2 is 1.03 bits per heavy atom. The summed E-state index contributed by atoms with van der Waals surface area (Å²) in [6.45, 7) is 11.4. The molecule has 5 N–H and O–H groups in total. The molecular formula is C71H79F3N14O8. The van der Waals surface area contributed by atoms with Crippen molar-refractivity contribution in [2.45, 2.75) is 109 Å². The summed E-state index contributed by atoms with van der Waals surface area (Å²) in [5.41, 5.74) is 17.1. The summed E-state index contributed by atoms with van der Waals surface area (Å²) in [6.07, 6.45) is 9.61. The molecule has 8 aromatic rings. The third-order valence-electron chi connectivity index (χ3n) is 15.9. The van der Waals surface area contributed by atoms with Crippen LogP contribution in [0, 0.1) is 22.7 Å². The van der Waals surface area contributed by atoms with Crippen LogP contribution in [0.15, 0.2) is 146 Å². The maximum Gasteiger partial charge on any atom is 0.446 e. The second kappa shape index (κ2) is 32.5. The van der Waals surface area contributed by atoms with Gasteiger partial charge < -0.3 is 49.7 Å². The number of nitriles is 2. The minimum atomic E-state index is -4.64. The van der Waals surface area contributed by atoms with E-state index in [-0.39, 0.29) is 24.1 Å². The Morgan fingerprint density at radius 1 is 0.646 bits per heavy atom. The number of nitrogens with zero attached hydrogens (tertiary/aromatic N) is 12. The molecule has 4 fully saturated rings. The monoisotopic (exact) mass is 1310 g/mol. The first-order chi connectivity index (χ1) is 46.4. The quantitative estimate of drug-likeness (QED) is 0.0598. The largest absolute Gasteiger partial charge is 0.478 e. The van der Waals surface area contributed by atoms with E-state index in [1.807, 2.05) is 157 Å². The standard InChI is InChI=1S/C31H31N7O2.C28H28N6O3.C8H13NO2.C2HF3O.C2H6/c1-36(22-11-12-22)16-5-8-27(39)37-17-15-23(19-37)38-26(18-32)28(29-30(33)34-20-35-31(29)38)21-9-13-25(14-10-21)40-24-6-3-2-4-7-24;1-28(2,3)37-27(35)33-14-13-19(16-33)34-22(15-29)23(24-25(30)31-17-32-26(24)34)18-9-11-21(12-10-18)36-20-7-5-4-6-8-20;1-9(7-4-5-7)6-2-3-8(10)11;3-2(4,5)1-6;1-2/h2-10,13-14,20,22-23H,11-12,15-17,19H2,1H3,(H2,33,34,35);4-12,17,19H,13-14,16H2,1-3H3,(H2,30,31,32);2-3,7H,4-6H2,1H3,(H,10,11);1H;1-2H3/b8-5+;;3-2+;;/t23-;19-;;;/m11.../s1/i;;;;1D. The topological polar surface area (TPSA) is 290 Å². The maximum absolute atomic E-state index is 12.9. The molecular weight excluding hydrogens is 1230 g/mol. The Bertz CT molecular complexity index is 4140. The van der Waals surface area contributed by atoms with Gasteiger partial charge in [-0.2, -0.15) is 23.7 Å². The van der Waals surface area contributed by atoms with Gasteiger partial charge in [0.1, 0.15) is 87.7 Å². The van der Waals surface area contributed by atoms with Crippen LogP contribution in [0.4, 0.5) is 29.6 Å². The second-order valence-electron chi connectivity index (χ2n) is 23.9. The summed E-state index contributed by atoms with van der Waals surface area (Å²) < 4.78 is 58.7. The SMILES string of the molecule is CC(C)(C)OC(=O)N1CC[C@@H](n2c(C#N)c(-c3ccc(Oc4ccccc4)cc3)c3c(N)ncnc32)C1.CN(C/C=C/C(=O)N1CC[C@@H](n2c(C#N)c(-c3ccc(Oc4ccccc4)cc3)c3c(N)ncnc32)C1)C1CC1.CN(C/C=C/C(=O)O)C1CC1.O=CC(F)(F)F.[2H]CC. The Hall–Kier alpha value is -10.6. The summed E-state index contributed by atoms with van der Waals surface area (Å²) in [5, 5.41) is 30.2. The molecule has 2 saturated carbocycles. The fourth-order valence-corrected chi connectivity index (χ4v) is 11.1. The Morgan fingerprint density at radius 3 is 1.41 bits per heavy atom. The number of hydrogen-bond acceptors (Lipinski definition) is 17. The van der Waals surface area contributed by atoms with E-state index in [4.69, 9.17) is 36.9 Å². The first kappa shape index (κ1) is 69.7. The number of alkyl halides is 3. The number of carbonyl (C=O) groups is 4. The highest BCUT2D eigenvalue weighted by atomic mass is 19.4. The molecule has 96 heavy (non-hydrogen) atoms. The number of amides is 2. The van der Waals surface area contributed by atoms with Crippen LogP contribution in [-0.4, -0.2) is 155 Å². The number of para-hydroxylation sites is 2. The van der Waals surface area contributed by atoms with Crippen molar-refractivity contribution in [3.8, 4) is 57.4 Å². The first-order valence-corrected chi connectivity index (χ1v) is 31.3. The molecule has 0 unspecified atom stereocenters. The Balaban J connectivity index is 0.000000194. The highest BCUT2D eigenvalue weighted by Crippen LogP contribution is 2.43. The summed E-state index contributed by atoms with van der Waals surface area (Å²) >= 11 is 0. The second-order valence-corrected chi connectivity index (χ2v) is 23.9. The lowest BCUT2D eigenvalue weighted by molar-refractivity contribution is -0.156. The van der Waals surface area contributed by atoms with Crippen LogP contribution in [0.25, 0.3) is 44.3 Å². The summed E-state index contributed by atoms with van der Waals surface area (Å²) in [4.78, 5) is 69.8. The molecule has 2 amide bonds. The molecule has 0 bridgehead atoms. The maximum atomic E-state index is 12.9. The molecule has 4 aliphatic rings. The van der Waals surface area contributed by atoms with Crippen molar-refractivity contribution in [2.75, 3.05) is 64.8 Å². The predicted octanol–water partition coefficient (Wildman–Crippen LogP) is 12.8. The normalized spacial score (nSPS) is 16.1. The Kier molecular flexibility index (Phi) is 23.6. The molecule has 2 aliphatic carbocycles. The number of carbonyl (C=O) groups excluding carboxylic acids is 3. The minimum Gasteiger partial charge on any atom is -0.478 e. The molecule has 2 saturated heterocycles.